The Morgan fingerprint density at radius 2 is 1.25 bits per heavy atom. The van der Waals surface area contributed by atoms with Crippen LogP contribution in [-0.4, -0.2) is 57.3 Å². The molecule has 6 nitrogen and oxygen atoms in total. The van der Waals surface area contributed by atoms with E-state index in [4.69, 9.17) is 0 Å². The van der Waals surface area contributed by atoms with Gasteiger partial charge in [0.15, 0.2) is 0 Å². The Morgan fingerprint density at radius 1 is 0.725 bits per heavy atom. The quantitative estimate of drug-likeness (QED) is 0.333. The van der Waals surface area contributed by atoms with Crippen molar-refractivity contribution in [3.63, 3.8) is 0 Å². The number of carbonyl (C=O) groups is 2. The number of rotatable bonds is 10. The first-order chi connectivity index (χ1) is 18.8. The number of aliphatic hydroxyl groups excluding tert-OH is 2. The molecule has 214 valence electrons. The molecule has 2 amide bonds. The van der Waals surface area contributed by atoms with Crippen molar-refractivity contribution < 1.29 is 19.8 Å². The van der Waals surface area contributed by atoms with Gasteiger partial charge in [-0.25, -0.2) is 0 Å². The van der Waals surface area contributed by atoms with Crippen molar-refractivity contribution >= 4 is 17.5 Å². The minimum atomic E-state index is -0.701. The molecule has 0 fully saturated rings. The van der Waals surface area contributed by atoms with Crippen LogP contribution in [0.15, 0.2) is 78.9 Å². The number of benzene rings is 3. The average molecular weight is 545 g/mol. The summed E-state index contributed by atoms with van der Waals surface area (Å²) in [6.45, 7) is 12.0. The molecule has 0 aromatic heterocycles. The van der Waals surface area contributed by atoms with E-state index in [0.29, 0.717) is 30.4 Å². The summed E-state index contributed by atoms with van der Waals surface area (Å²) >= 11 is 0. The summed E-state index contributed by atoms with van der Waals surface area (Å²) in [5, 5.41) is 20.6. The topological polar surface area (TPSA) is 81.1 Å². The van der Waals surface area contributed by atoms with Gasteiger partial charge in [0.05, 0.1) is 12.7 Å². The molecule has 40 heavy (non-hydrogen) atoms. The van der Waals surface area contributed by atoms with Crippen LogP contribution in [0.5, 0.6) is 0 Å². The summed E-state index contributed by atoms with van der Waals surface area (Å²) in [5.41, 5.74) is 2.73. The van der Waals surface area contributed by atoms with Crippen LogP contribution in [0.4, 0.5) is 5.69 Å². The van der Waals surface area contributed by atoms with Gasteiger partial charge in [-0.3, -0.25) is 9.59 Å². The Labute approximate surface area is 239 Å². The van der Waals surface area contributed by atoms with E-state index < -0.39 is 17.2 Å². The summed E-state index contributed by atoms with van der Waals surface area (Å²) in [4.78, 5) is 30.8. The zero-order chi connectivity index (χ0) is 29.5. The molecular weight excluding hydrogens is 500 g/mol. The smallest absolute Gasteiger partial charge is 0.259 e. The molecule has 3 aromatic rings. The van der Waals surface area contributed by atoms with Gasteiger partial charge >= 0.3 is 0 Å². The highest BCUT2D eigenvalue weighted by Crippen LogP contribution is 2.28. The first kappa shape index (κ1) is 31.1. The van der Waals surface area contributed by atoms with E-state index in [0.717, 1.165) is 16.8 Å². The number of para-hydroxylation sites is 1. The molecule has 1 unspecified atom stereocenters. The van der Waals surface area contributed by atoms with Gasteiger partial charge in [-0.05, 0) is 96.2 Å². The molecule has 6 heteroatoms. The van der Waals surface area contributed by atoms with E-state index in [1.807, 2.05) is 114 Å². The molecule has 0 aliphatic rings. The predicted octanol–water partition coefficient (Wildman–Crippen LogP) is 5.90. The summed E-state index contributed by atoms with van der Waals surface area (Å²) < 4.78 is 0. The number of carbonyl (C=O) groups excluding carboxylic acids is 2. The van der Waals surface area contributed by atoms with Crippen LogP contribution in [-0.2, 0) is 12.8 Å². The number of aliphatic hydroxyl groups is 2. The molecule has 0 heterocycles. The van der Waals surface area contributed by atoms with Crippen LogP contribution >= 0.6 is 0 Å². The van der Waals surface area contributed by atoms with Gasteiger partial charge in [0.25, 0.3) is 11.8 Å². The van der Waals surface area contributed by atoms with Gasteiger partial charge in [0.1, 0.15) is 0 Å². The predicted molar refractivity (Wildman–Crippen MR) is 162 cm³/mol. The van der Waals surface area contributed by atoms with E-state index >= 15 is 0 Å². The Kier molecular flexibility index (Phi) is 10.3. The van der Waals surface area contributed by atoms with Gasteiger partial charge in [0, 0.05) is 34.4 Å². The fourth-order valence-corrected chi connectivity index (χ4v) is 5.03. The summed E-state index contributed by atoms with van der Waals surface area (Å²) in [5.74, 6) is -0.241. The van der Waals surface area contributed by atoms with Crippen LogP contribution in [0.1, 0.15) is 79.8 Å². The van der Waals surface area contributed by atoms with E-state index in [1.165, 1.54) is 0 Å². The highest BCUT2D eigenvalue weighted by molar-refractivity contribution is 6.08. The molecule has 2 N–H and O–H groups in total. The Hall–Kier alpha value is -3.48. The molecule has 0 aliphatic heterocycles. The van der Waals surface area contributed by atoms with Crippen LogP contribution < -0.4 is 4.90 Å². The maximum atomic E-state index is 13.9. The number of aryl methyl sites for hydroxylation is 1. The summed E-state index contributed by atoms with van der Waals surface area (Å²) in [6.07, 6.45) is 0.565. The molecule has 0 saturated carbocycles. The lowest BCUT2D eigenvalue weighted by molar-refractivity contribution is 0.0525. The largest absolute Gasteiger partial charge is 0.395 e. The molecule has 1 atom stereocenters. The maximum absolute atomic E-state index is 13.9. The lowest BCUT2D eigenvalue weighted by atomic mass is 9.94. The molecule has 3 aromatic carbocycles. The number of β-amino-alcohol motifs (C(OH)–C–C–N with tert-alkyl or cyclic N) is 1. The number of hydrogen-bond acceptors (Lipinski definition) is 4. The summed E-state index contributed by atoms with van der Waals surface area (Å²) in [6, 6.07) is 24.5. The second-order valence-electron chi connectivity index (χ2n) is 12.2. The monoisotopic (exact) mass is 544 g/mol. The fraction of sp³-hybridized carbons (Fsp3) is 0.412. The van der Waals surface area contributed by atoms with Gasteiger partial charge in [-0.1, -0.05) is 54.6 Å². The normalized spacial score (nSPS) is 12.6. The highest BCUT2D eigenvalue weighted by atomic mass is 16.3. The maximum Gasteiger partial charge on any atom is 0.259 e. The van der Waals surface area contributed by atoms with Gasteiger partial charge in [-0.15, -0.1) is 0 Å². The summed E-state index contributed by atoms with van der Waals surface area (Å²) in [7, 11) is 0. The van der Waals surface area contributed by atoms with E-state index in [2.05, 4.69) is 0 Å². The van der Waals surface area contributed by atoms with Crippen LogP contribution in [0.3, 0.4) is 0 Å². The third kappa shape index (κ3) is 7.80. The Balaban J connectivity index is 1.79. The van der Waals surface area contributed by atoms with E-state index in [9.17, 15) is 19.8 Å². The zero-order valence-electron chi connectivity index (χ0n) is 24.7. The standard InChI is InChI=1S/C34H44N2O4/c1-33(2,3)35(22-23-37)31(39)29-18-12-10-14-25(29)20-21-28(38)24-26-15-11-13-19-30(26)32(40)36(34(4,5)6)27-16-8-7-9-17-27/h7-19,28,37-38H,20-24H2,1-6H3. The van der Waals surface area contributed by atoms with E-state index in [-0.39, 0.29) is 25.0 Å². The lowest BCUT2D eigenvalue weighted by Crippen LogP contribution is -2.47. The SMILES string of the molecule is CC(C)(C)N(CCO)C(=O)c1ccccc1CCC(O)Cc1ccccc1C(=O)N(c1ccccc1)C(C)(C)C. The number of amides is 2. The second-order valence-corrected chi connectivity index (χ2v) is 12.2. The first-order valence-electron chi connectivity index (χ1n) is 14.0. The molecular formula is C34H44N2O4. The molecule has 0 bridgehead atoms. The van der Waals surface area contributed by atoms with Crippen LogP contribution in [0, 0.1) is 0 Å². The number of hydrogen-bond donors (Lipinski definition) is 2. The van der Waals surface area contributed by atoms with Gasteiger partial charge < -0.3 is 20.0 Å². The van der Waals surface area contributed by atoms with Gasteiger partial charge in [-0.2, -0.15) is 0 Å². The molecule has 0 saturated heterocycles. The van der Waals surface area contributed by atoms with Gasteiger partial charge in [0.2, 0.25) is 0 Å². The van der Waals surface area contributed by atoms with E-state index in [1.54, 1.807) is 15.9 Å². The molecule has 0 radical (unpaired) electrons. The fourth-order valence-electron chi connectivity index (χ4n) is 5.03. The zero-order valence-corrected chi connectivity index (χ0v) is 24.7. The number of nitrogens with zero attached hydrogens (tertiary/aromatic N) is 2. The van der Waals surface area contributed by atoms with Crippen molar-refractivity contribution in [3.05, 3.63) is 101 Å². The molecule has 0 spiro atoms. The van der Waals surface area contributed by atoms with Crippen molar-refractivity contribution in [2.75, 3.05) is 18.1 Å². The van der Waals surface area contributed by atoms with Crippen molar-refractivity contribution in [1.82, 2.24) is 4.90 Å². The van der Waals surface area contributed by atoms with Crippen molar-refractivity contribution in [3.8, 4) is 0 Å². The third-order valence-electron chi connectivity index (χ3n) is 6.96. The minimum Gasteiger partial charge on any atom is -0.395 e. The number of anilines is 1. The van der Waals surface area contributed by atoms with Crippen molar-refractivity contribution in [2.24, 2.45) is 0 Å². The minimum absolute atomic E-state index is 0.108. The third-order valence-corrected chi connectivity index (χ3v) is 6.96. The molecule has 0 aliphatic carbocycles. The first-order valence-corrected chi connectivity index (χ1v) is 14.0. The Morgan fingerprint density at radius 3 is 1.80 bits per heavy atom. The Bertz CT molecular complexity index is 1270. The lowest BCUT2D eigenvalue weighted by Gasteiger charge is -2.36. The average Bonchev–Trinajstić information content (AvgIpc) is 2.90. The van der Waals surface area contributed by atoms with Crippen LogP contribution in [0.25, 0.3) is 0 Å². The molecule has 3 rings (SSSR count). The van der Waals surface area contributed by atoms with Crippen molar-refractivity contribution in [2.45, 2.75) is 78.0 Å². The highest BCUT2D eigenvalue weighted by Gasteiger charge is 2.31. The van der Waals surface area contributed by atoms with Crippen LogP contribution in [0.2, 0.25) is 0 Å². The van der Waals surface area contributed by atoms with Crippen molar-refractivity contribution in [1.29, 1.82) is 0 Å². The second kappa shape index (κ2) is 13.2.